The molecule has 0 aliphatic rings. The lowest BCUT2D eigenvalue weighted by Gasteiger charge is -2.06. The third kappa shape index (κ3) is 3.48. The Kier molecular flexibility index (Phi) is 4.85. The van der Waals surface area contributed by atoms with E-state index in [-0.39, 0.29) is 22.4 Å². The molecule has 0 aliphatic heterocycles. The number of rotatable bonds is 4. The highest BCUT2D eigenvalue weighted by molar-refractivity contribution is 6.34. The molecular formula is C15H14ClN3O3. The lowest BCUT2D eigenvalue weighted by atomic mass is 10.2. The molecule has 22 heavy (non-hydrogen) atoms. The summed E-state index contributed by atoms with van der Waals surface area (Å²) in [6, 6.07) is 9.58. The summed E-state index contributed by atoms with van der Waals surface area (Å²) in [4.78, 5) is 11.8. The first-order chi connectivity index (χ1) is 10.5. The summed E-state index contributed by atoms with van der Waals surface area (Å²) in [6.07, 6.45) is 1.33. The molecule has 114 valence electrons. The number of phenolic OH excluding ortho intramolecular Hbond substituents is 1. The molecule has 7 heteroatoms. The average molecular weight is 320 g/mol. The number of halogens is 1. The number of hydrazone groups is 1. The van der Waals surface area contributed by atoms with E-state index in [1.165, 1.54) is 13.3 Å². The molecule has 0 aromatic heterocycles. The zero-order valence-electron chi connectivity index (χ0n) is 11.7. The molecule has 0 radical (unpaired) electrons. The molecule has 0 heterocycles. The molecule has 0 atom stereocenters. The van der Waals surface area contributed by atoms with Crippen LogP contribution < -0.4 is 15.9 Å². The molecule has 2 rings (SSSR count). The van der Waals surface area contributed by atoms with Crippen molar-refractivity contribution in [1.82, 2.24) is 5.43 Å². The first-order valence-corrected chi connectivity index (χ1v) is 6.65. The van der Waals surface area contributed by atoms with Crippen LogP contribution in [0.5, 0.6) is 11.5 Å². The van der Waals surface area contributed by atoms with Crippen molar-refractivity contribution in [1.29, 1.82) is 0 Å². The van der Waals surface area contributed by atoms with E-state index in [0.29, 0.717) is 16.8 Å². The van der Waals surface area contributed by atoms with Crippen molar-refractivity contribution in [2.45, 2.75) is 0 Å². The SMILES string of the molecule is COc1ccc(/C=N\NC(=O)c2ccc(N)cc2)c(Cl)c1O. The number of nitrogen functional groups attached to an aromatic ring is 1. The molecular weight excluding hydrogens is 306 g/mol. The van der Waals surface area contributed by atoms with E-state index in [1.807, 2.05) is 0 Å². The Bertz CT molecular complexity index is 715. The second-order valence-electron chi connectivity index (χ2n) is 4.34. The highest BCUT2D eigenvalue weighted by Crippen LogP contribution is 2.35. The predicted octanol–water partition coefficient (Wildman–Crippen LogP) is 2.40. The second kappa shape index (κ2) is 6.82. The number of aromatic hydroxyl groups is 1. The Labute approximate surface area is 132 Å². The fraction of sp³-hybridized carbons (Fsp3) is 0.0667. The summed E-state index contributed by atoms with van der Waals surface area (Å²) in [7, 11) is 1.42. The van der Waals surface area contributed by atoms with Crippen molar-refractivity contribution < 1.29 is 14.6 Å². The Morgan fingerprint density at radius 1 is 1.32 bits per heavy atom. The molecule has 0 saturated heterocycles. The number of methoxy groups -OCH3 is 1. The van der Waals surface area contributed by atoms with Crippen LogP contribution in [-0.2, 0) is 0 Å². The largest absolute Gasteiger partial charge is 0.503 e. The maximum absolute atomic E-state index is 11.8. The van der Waals surface area contributed by atoms with E-state index in [9.17, 15) is 9.90 Å². The topological polar surface area (TPSA) is 96.9 Å². The summed E-state index contributed by atoms with van der Waals surface area (Å²) >= 11 is 5.98. The first kappa shape index (κ1) is 15.7. The van der Waals surface area contributed by atoms with Crippen LogP contribution in [0.3, 0.4) is 0 Å². The van der Waals surface area contributed by atoms with E-state index in [0.717, 1.165) is 0 Å². The van der Waals surface area contributed by atoms with Gasteiger partial charge in [-0.2, -0.15) is 5.10 Å². The van der Waals surface area contributed by atoms with Crippen LogP contribution in [0.2, 0.25) is 5.02 Å². The number of benzene rings is 2. The summed E-state index contributed by atoms with van der Waals surface area (Å²) in [5.41, 5.74) is 9.35. The second-order valence-corrected chi connectivity index (χ2v) is 4.72. The summed E-state index contributed by atoms with van der Waals surface area (Å²) in [6.45, 7) is 0. The van der Waals surface area contributed by atoms with Crippen LogP contribution in [-0.4, -0.2) is 24.3 Å². The summed E-state index contributed by atoms with van der Waals surface area (Å²) < 4.78 is 4.93. The number of nitrogens with two attached hydrogens (primary N) is 1. The number of anilines is 1. The molecule has 0 aliphatic carbocycles. The van der Waals surface area contributed by atoms with Gasteiger partial charge in [0.15, 0.2) is 11.5 Å². The van der Waals surface area contributed by atoms with Crippen molar-refractivity contribution in [2.75, 3.05) is 12.8 Å². The van der Waals surface area contributed by atoms with E-state index in [1.54, 1.807) is 36.4 Å². The lowest BCUT2D eigenvalue weighted by Crippen LogP contribution is -2.17. The summed E-state index contributed by atoms with van der Waals surface area (Å²) in [5.74, 6) is -0.309. The van der Waals surface area contributed by atoms with Gasteiger partial charge in [-0.1, -0.05) is 11.6 Å². The summed E-state index contributed by atoms with van der Waals surface area (Å²) in [5, 5.41) is 13.7. The Morgan fingerprint density at radius 2 is 2.00 bits per heavy atom. The van der Waals surface area contributed by atoms with Gasteiger partial charge in [-0.25, -0.2) is 5.43 Å². The zero-order valence-corrected chi connectivity index (χ0v) is 12.5. The fourth-order valence-electron chi connectivity index (χ4n) is 1.69. The van der Waals surface area contributed by atoms with Gasteiger partial charge < -0.3 is 15.6 Å². The van der Waals surface area contributed by atoms with E-state index >= 15 is 0 Å². The molecule has 0 spiro atoms. The van der Waals surface area contributed by atoms with Gasteiger partial charge in [0.25, 0.3) is 5.91 Å². The molecule has 1 amide bonds. The number of phenols is 1. The molecule has 0 fully saturated rings. The van der Waals surface area contributed by atoms with Crippen LogP contribution in [0.1, 0.15) is 15.9 Å². The van der Waals surface area contributed by atoms with E-state index < -0.39 is 0 Å². The van der Waals surface area contributed by atoms with Gasteiger partial charge >= 0.3 is 0 Å². The minimum absolute atomic E-state index is 0.0878. The number of amides is 1. The minimum Gasteiger partial charge on any atom is -0.503 e. The van der Waals surface area contributed by atoms with Crippen molar-refractivity contribution in [2.24, 2.45) is 5.10 Å². The van der Waals surface area contributed by atoms with Crippen LogP contribution in [0, 0.1) is 0 Å². The van der Waals surface area contributed by atoms with Gasteiger partial charge in [-0.05, 0) is 36.4 Å². The standard InChI is InChI=1S/C15H14ClN3O3/c1-22-12-7-4-10(13(16)14(12)20)8-18-19-15(21)9-2-5-11(17)6-3-9/h2-8,20H,17H2,1H3,(H,19,21)/b18-8-. The van der Waals surface area contributed by atoms with Gasteiger partial charge in [-0.15, -0.1) is 0 Å². The monoisotopic (exact) mass is 319 g/mol. The van der Waals surface area contributed by atoms with Gasteiger partial charge in [-0.3, -0.25) is 4.79 Å². The highest BCUT2D eigenvalue weighted by atomic mass is 35.5. The Morgan fingerprint density at radius 3 is 2.64 bits per heavy atom. The van der Waals surface area contributed by atoms with Crippen molar-refractivity contribution in [3.8, 4) is 11.5 Å². The molecule has 4 N–H and O–H groups in total. The van der Waals surface area contributed by atoms with Crippen LogP contribution in [0.25, 0.3) is 0 Å². The van der Waals surface area contributed by atoms with Crippen molar-refractivity contribution in [3.63, 3.8) is 0 Å². The molecule has 0 unspecified atom stereocenters. The number of nitrogens with zero attached hydrogens (tertiary/aromatic N) is 1. The number of carbonyl (C=O) groups is 1. The van der Waals surface area contributed by atoms with Crippen molar-refractivity contribution in [3.05, 3.63) is 52.5 Å². The molecule has 0 bridgehead atoms. The number of hydrogen-bond donors (Lipinski definition) is 3. The van der Waals surface area contributed by atoms with Gasteiger partial charge in [0, 0.05) is 16.8 Å². The number of hydrogen-bond acceptors (Lipinski definition) is 5. The number of carbonyl (C=O) groups excluding carboxylic acids is 1. The smallest absolute Gasteiger partial charge is 0.271 e. The molecule has 2 aromatic rings. The van der Waals surface area contributed by atoms with Gasteiger partial charge in [0.2, 0.25) is 0 Å². The predicted molar refractivity (Wildman–Crippen MR) is 85.6 cm³/mol. The minimum atomic E-state index is -0.384. The quantitative estimate of drug-likeness (QED) is 0.458. The Balaban J connectivity index is 2.08. The third-order valence-corrected chi connectivity index (χ3v) is 3.27. The molecule has 6 nitrogen and oxygen atoms in total. The van der Waals surface area contributed by atoms with Gasteiger partial charge in [0.05, 0.1) is 18.3 Å². The maximum Gasteiger partial charge on any atom is 0.271 e. The average Bonchev–Trinajstić information content (AvgIpc) is 2.52. The number of nitrogens with one attached hydrogen (secondary N) is 1. The van der Waals surface area contributed by atoms with Crippen molar-refractivity contribution >= 4 is 29.4 Å². The van der Waals surface area contributed by atoms with E-state index in [4.69, 9.17) is 22.1 Å². The fourth-order valence-corrected chi connectivity index (χ4v) is 1.89. The third-order valence-electron chi connectivity index (χ3n) is 2.87. The van der Waals surface area contributed by atoms with E-state index in [2.05, 4.69) is 10.5 Å². The lowest BCUT2D eigenvalue weighted by molar-refractivity contribution is 0.0955. The Hall–Kier alpha value is -2.73. The van der Waals surface area contributed by atoms with Gasteiger partial charge in [0.1, 0.15) is 0 Å². The molecule has 2 aromatic carbocycles. The highest BCUT2D eigenvalue weighted by Gasteiger charge is 2.10. The zero-order chi connectivity index (χ0) is 16.1. The maximum atomic E-state index is 11.8. The van der Waals surface area contributed by atoms with Crippen LogP contribution in [0.4, 0.5) is 5.69 Å². The molecule has 0 saturated carbocycles. The number of ether oxygens (including phenoxy) is 1. The first-order valence-electron chi connectivity index (χ1n) is 6.27. The normalized spacial score (nSPS) is 10.6. The van der Waals surface area contributed by atoms with Crippen LogP contribution in [0.15, 0.2) is 41.5 Å². The van der Waals surface area contributed by atoms with Crippen LogP contribution >= 0.6 is 11.6 Å².